The van der Waals surface area contributed by atoms with Crippen LogP contribution in [0.25, 0.3) is 0 Å². The molecule has 0 saturated heterocycles. The first-order valence-corrected chi connectivity index (χ1v) is 7.98. The van der Waals surface area contributed by atoms with E-state index in [1.165, 1.54) is 6.92 Å². The number of amides is 1. The maximum Gasteiger partial charge on any atom is 0.268 e. The van der Waals surface area contributed by atoms with Crippen molar-refractivity contribution in [3.05, 3.63) is 40.3 Å². The van der Waals surface area contributed by atoms with E-state index in [1.54, 1.807) is 0 Å². The van der Waals surface area contributed by atoms with E-state index in [9.17, 15) is 9.59 Å². The fraction of sp³-hybridized carbons (Fsp3) is 0.412. The lowest BCUT2D eigenvalue weighted by Crippen LogP contribution is -2.30. The Hall–Kier alpha value is -2.70. The minimum absolute atomic E-state index is 0.0285. The molecule has 1 amide bonds. The van der Waals surface area contributed by atoms with Crippen LogP contribution in [0.15, 0.2) is 12.1 Å². The number of ketones is 1. The zero-order chi connectivity index (χ0) is 17.7. The Kier molecular flexibility index (Phi) is 5.68. The average molecular weight is 329 g/mol. The van der Waals surface area contributed by atoms with Crippen LogP contribution in [0.3, 0.4) is 0 Å². The summed E-state index contributed by atoms with van der Waals surface area (Å²) in [7, 11) is 0. The maximum atomic E-state index is 12.4. The van der Waals surface area contributed by atoms with E-state index in [1.807, 2.05) is 32.9 Å². The molecule has 24 heavy (non-hydrogen) atoms. The van der Waals surface area contributed by atoms with Crippen LogP contribution in [-0.4, -0.2) is 40.0 Å². The predicted molar refractivity (Wildman–Crippen MR) is 92.5 cm³/mol. The zero-order valence-corrected chi connectivity index (χ0v) is 14.5. The molecule has 2 heterocycles. The highest BCUT2D eigenvalue weighted by Gasteiger charge is 2.21. The lowest BCUT2D eigenvalue weighted by molar-refractivity contribution is 0.0949. The number of nitrogens with zero attached hydrogens (tertiary/aromatic N) is 2. The van der Waals surface area contributed by atoms with Gasteiger partial charge in [0.1, 0.15) is 11.5 Å². The monoisotopic (exact) mass is 329 g/mol. The van der Waals surface area contributed by atoms with Crippen molar-refractivity contribution in [3.63, 3.8) is 0 Å². The Morgan fingerprint density at radius 2 is 1.92 bits per heavy atom. The molecule has 0 fully saturated rings. The van der Waals surface area contributed by atoms with E-state index in [2.05, 4.69) is 25.8 Å². The van der Waals surface area contributed by atoms with E-state index in [0.29, 0.717) is 36.6 Å². The molecule has 2 aromatic heterocycles. The zero-order valence-electron chi connectivity index (χ0n) is 14.5. The van der Waals surface area contributed by atoms with Crippen LogP contribution in [0.5, 0.6) is 0 Å². The number of carbonyl (C=O) groups excluding carboxylic acids is 2. The fourth-order valence-corrected chi connectivity index (χ4v) is 2.65. The molecule has 0 aromatic carbocycles. The van der Waals surface area contributed by atoms with E-state index in [0.717, 1.165) is 17.0 Å². The number of aryl methyl sites for hydroxylation is 2. The number of rotatable bonds is 7. The van der Waals surface area contributed by atoms with Gasteiger partial charge >= 0.3 is 0 Å². The number of hydrogen-bond donors (Lipinski definition) is 3. The van der Waals surface area contributed by atoms with E-state index in [-0.39, 0.29) is 11.7 Å². The van der Waals surface area contributed by atoms with Gasteiger partial charge in [-0.1, -0.05) is 6.92 Å². The molecule has 0 aliphatic heterocycles. The second-order valence-electron chi connectivity index (χ2n) is 5.63. The molecule has 128 valence electrons. The molecular weight excluding hydrogens is 306 g/mol. The van der Waals surface area contributed by atoms with Gasteiger partial charge in [-0.15, -0.1) is 5.10 Å². The van der Waals surface area contributed by atoms with E-state index in [4.69, 9.17) is 0 Å². The summed E-state index contributed by atoms with van der Waals surface area (Å²) >= 11 is 0. The molecule has 3 N–H and O–H groups in total. The Morgan fingerprint density at radius 3 is 2.50 bits per heavy atom. The second-order valence-corrected chi connectivity index (χ2v) is 5.63. The molecule has 7 heteroatoms. The van der Waals surface area contributed by atoms with Gasteiger partial charge in [0.05, 0.1) is 5.69 Å². The Morgan fingerprint density at radius 1 is 1.17 bits per heavy atom. The summed E-state index contributed by atoms with van der Waals surface area (Å²) in [6.45, 7) is 8.10. The van der Waals surface area contributed by atoms with Crippen LogP contribution in [0.4, 0.5) is 5.82 Å². The Labute approximate surface area is 141 Å². The highest BCUT2D eigenvalue weighted by molar-refractivity contribution is 6.02. The summed E-state index contributed by atoms with van der Waals surface area (Å²) in [4.78, 5) is 27.1. The molecular formula is C17H23N5O2. The van der Waals surface area contributed by atoms with Crippen molar-refractivity contribution in [2.75, 3.05) is 18.4 Å². The highest BCUT2D eigenvalue weighted by Crippen LogP contribution is 2.20. The smallest absolute Gasteiger partial charge is 0.268 e. The van der Waals surface area contributed by atoms with Crippen LogP contribution in [-0.2, 0) is 6.42 Å². The van der Waals surface area contributed by atoms with E-state index < -0.39 is 0 Å². The summed E-state index contributed by atoms with van der Waals surface area (Å²) in [5, 5.41) is 13.9. The molecule has 0 bridgehead atoms. The standard InChI is InChI=1S/C17H23N5O2/c1-5-13-15(12(4)23)11(3)20-16(13)17(24)19-9-8-18-14-7-6-10(2)21-22-14/h6-7,20H,5,8-9H2,1-4H3,(H,18,22)(H,19,24). The third-order valence-electron chi connectivity index (χ3n) is 3.74. The number of anilines is 1. The first-order chi connectivity index (χ1) is 11.4. The van der Waals surface area contributed by atoms with Gasteiger partial charge in [0.25, 0.3) is 5.91 Å². The van der Waals surface area contributed by atoms with Crippen molar-refractivity contribution < 1.29 is 9.59 Å². The minimum atomic E-state index is -0.209. The maximum absolute atomic E-state index is 12.4. The third-order valence-corrected chi connectivity index (χ3v) is 3.74. The van der Waals surface area contributed by atoms with Crippen LogP contribution in [0, 0.1) is 13.8 Å². The lowest BCUT2D eigenvalue weighted by Gasteiger charge is -2.08. The van der Waals surface area contributed by atoms with Gasteiger partial charge in [0.15, 0.2) is 5.78 Å². The summed E-state index contributed by atoms with van der Waals surface area (Å²) < 4.78 is 0. The summed E-state index contributed by atoms with van der Waals surface area (Å²) in [6, 6.07) is 3.71. The molecule has 0 unspecified atom stereocenters. The van der Waals surface area contributed by atoms with E-state index >= 15 is 0 Å². The SMILES string of the molecule is CCc1c(C(=O)NCCNc2ccc(C)nn2)[nH]c(C)c1C(C)=O. The highest BCUT2D eigenvalue weighted by atomic mass is 16.2. The molecule has 2 aromatic rings. The number of H-pyrrole nitrogens is 1. The topological polar surface area (TPSA) is 99.8 Å². The van der Waals surface area contributed by atoms with Gasteiger partial charge in [-0.05, 0) is 44.9 Å². The summed E-state index contributed by atoms with van der Waals surface area (Å²) in [5.41, 5.74) is 3.45. The molecule has 0 atom stereocenters. The van der Waals surface area contributed by atoms with Crippen LogP contribution >= 0.6 is 0 Å². The van der Waals surface area contributed by atoms with Crippen molar-refractivity contribution in [2.24, 2.45) is 0 Å². The van der Waals surface area contributed by atoms with Gasteiger partial charge in [0, 0.05) is 24.3 Å². The molecule has 2 rings (SSSR count). The number of aromatic amines is 1. The second kappa shape index (κ2) is 7.72. The first-order valence-electron chi connectivity index (χ1n) is 7.98. The Bertz CT molecular complexity index is 734. The van der Waals surface area contributed by atoms with Crippen LogP contribution in [0.2, 0.25) is 0 Å². The van der Waals surface area contributed by atoms with Gasteiger partial charge in [0.2, 0.25) is 0 Å². The van der Waals surface area contributed by atoms with Crippen molar-refractivity contribution in [3.8, 4) is 0 Å². The fourth-order valence-electron chi connectivity index (χ4n) is 2.65. The summed E-state index contributed by atoms with van der Waals surface area (Å²) in [6.07, 6.45) is 0.624. The van der Waals surface area contributed by atoms with Gasteiger partial charge in [-0.3, -0.25) is 9.59 Å². The van der Waals surface area contributed by atoms with Crippen molar-refractivity contribution >= 4 is 17.5 Å². The number of hydrogen-bond acceptors (Lipinski definition) is 5. The van der Waals surface area contributed by atoms with Crippen molar-refractivity contribution in [1.29, 1.82) is 0 Å². The van der Waals surface area contributed by atoms with Crippen molar-refractivity contribution in [2.45, 2.75) is 34.1 Å². The molecule has 0 aliphatic rings. The van der Waals surface area contributed by atoms with Crippen LogP contribution in [0.1, 0.15) is 51.6 Å². The van der Waals surface area contributed by atoms with Crippen molar-refractivity contribution in [1.82, 2.24) is 20.5 Å². The number of Topliss-reactive ketones (excluding diaryl/α,β-unsaturated/α-hetero) is 1. The molecule has 0 saturated carbocycles. The lowest BCUT2D eigenvalue weighted by atomic mass is 10.0. The predicted octanol–water partition coefficient (Wildman–Crippen LogP) is 2.03. The third kappa shape index (κ3) is 3.98. The normalized spacial score (nSPS) is 10.5. The molecule has 0 aliphatic carbocycles. The van der Waals surface area contributed by atoms with Gasteiger partial charge in [-0.25, -0.2) is 0 Å². The number of carbonyl (C=O) groups is 2. The molecule has 0 radical (unpaired) electrons. The quantitative estimate of drug-likeness (QED) is 0.533. The first kappa shape index (κ1) is 17.7. The molecule has 7 nitrogen and oxygen atoms in total. The van der Waals surface area contributed by atoms with Gasteiger partial charge < -0.3 is 15.6 Å². The van der Waals surface area contributed by atoms with Gasteiger partial charge in [-0.2, -0.15) is 5.10 Å². The largest absolute Gasteiger partial charge is 0.367 e. The Balaban J connectivity index is 1.94. The number of aromatic nitrogens is 3. The number of nitrogens with one attached hydrogen (secondary N) is 3. The summed E-state index contributed by atoms with van der Waals surface area (Å²) in [5.74, 6) is 0.428. The van der Waals surface area contributed by atoms with Crippen LogP contribution < -0.4 is 10.6 Å². The minimum Gasteiger partial charge on any atom is -0.367 e. The average Bonchev–Trinajstić information content (AvgIpc) is 2.89. The molecule has 0 spiro atoms.